The molecule has 8 heteroatoms. The zero-order chi connectivity index (χ0) is 17.2. The van der Waals surface area contributed by atoms with Gasteiger partial charge >= 0.3 is 0 Å². The normalized spacial score (nSPS) is 17.0. The van der Waals surface area contributed by atoms with Gasteiger partial charge in [0.05, 0.1) is 18.8 Å². The SMILES string of the molecule is COc1cc(Cl)nc(N2CCC[C@H]2c2cc(-c3ccccn3)no2)n1. The summed E-state index contributed by atoms with van der Waals surface area (Å²) in [5.74, 6) is 1.73. The predicted molar refractivity (Wildman–Crippen MR) is 92.6 cm³/mol. The van der Waals surface area contributed by atoms with E-state index in [1.807, 2.05) is 24.3 Å². The molecule has 4 rings (SSSR count). The Morgan fingerprint density at radius 3 is 2.96 bits per heavy atom. The van der Waals surface area contributed by atoms with Gasteiger partial charge in [-0.05, 0) is 25.0 Å². The fourth-order valence-corrected chi connectivity index (χ4v) is 3.17. The fraction of sp³-hybridized carbons (Fsp3) is 0.294. The van der Waals surface area contributed by atoms with Crippen LogP contribution in [0.15, 0.2) is 41.1 Å². The number of pyridine rings is 1. The van der Waals surface area contributed by atoms with Crippen molar-refractivity contribution < 1.29 is 9.26 Å². The second-order valence-electron chi connectivity index (χ2n) is 5.71. The molecule has 7 nitrogen and oxygen atoms in total. The van der Waals surface area contributed by atoms with Crippen molar-refractivity contribution in [3.63, 3.8) is 0 Å². The molecule has 0 bridgehead atoms. The van der Waals surface area contributed by atoms with E-state index in [4.69, 9.17) is 20.9 Å². The summed E-state index contributed by atoms with van der Waals surface area (Å²) in [6, 6.07) is 9.21. The Bertz CT molecular complexity index is 870. The maximum Gasteiger partial charge on any atom is 0.230 e. The highest BCUT2D eigenvalue weighted by molar-refractivity contribution is 6.29. The first-order chi connectivity index (χ1) is 12.2. The number of rotatable bonds is 4. The van der Waals surface area contributed by atoms with Crippen molar-refractivity contribution in [2.24, 2.45) is 0 Å². The summed E-state index contributed by atoms with van der Waals surface area (Å²) in [6.45, 7) is 0.813. The largest absolute Gasteiger partial charge is 0.481 e. The van der Waals surface area contributed by atoms with E-state index >= 15 is 0 Å². The van der Waals surface area contributed by atoms with E-state index in [1.54, 1.807) is 19.4 Å². The Morgan fingerprint density at radius 2 is 2.16 bits per heavy atom. The van der Waals surface area contributed by atoms with Crippen LogP contribution in [0.2, 0.25) is 5.15 Å². The lowest BCUT2D eigenvalue weighted by Crippen LogP contribution is -2.24. The van der Waals surface area contributed by atoms with Crippen LogP contribution in [0, 0.1) is 0 Å². The molecule has 0 spiro atoms. The van der Waals surface area contributed by atoms with Crippen LogP contribution in [0.1, 0.15) is 24.6 Å². The highest BCUT2D eigenvalue weighted by Gasteiger charge is 2.32. The summed E-state index contributed by atoms with van der Waals surface area (Å²) >= 11 is 6.08. The number of hydrogen-bond donors (Lipinski definition) is 0. The molecule has 1 atom stereocenters. The summed E-state index contributed by atoms with van der Waals surface area (Å²) < 4.78 is 10.8. The number of halogens is 1. The summed E-state index contributed by atoms with van der Waals surface area (Å²) in [5, 5.41) is 4.50. The van der Waals surface area contributed by atoms with E-state index in [1.165, 1.54) is 0 Å². The van der Waals surface area contributed by atoms with Gasteiger partial charge in [-0.2, -0.15) is 4.98 Å². The molecule has 1 saturated heterocycles. The molecule has 3 aromatic rings. The Hall–Kier alpha value is -2.67. The number of ether oxygens (including phenoxy) is 1. The first kappa shape index (κ1) is 15.8. The molecule has 0 aromatic carbocycles. The minimum absolute atomic E-state index is 0.00753. The predicted octanol–water partition coefficient (Wildman–Crippen LogP) is 3.53. The molecular weight excluding hydrogens is 342 g/mol. The van der Waals surface area contributed by atoms with Crippen molar-refractivity contribution in [1.82, 2.24) is 20.1 Å². The van der Waals surface area contributed by atoms with Gasteiger partial charge in [-0.1, -0.05) is 22.8 Å². The molecule has 0 aliphatic carbocycles. The summed E-state index contributed by atoms with van der Waals surface area (Å²) in [6.07, 6.45) is 3.66. The van der Waals surface area contributed by atoms with E-state index < -0.39 is 0 Å². The van der Waals surface area contributed by atoms with E-state index in [-0.39, 0.29) is 6.04 Å². The molecular formula is C17H16ClN5O2. The molecule has 0 amide bonds. The maximum atomic E-state index is 6.08. The minimum atomic E-state index is 0.00753. The summed E-state index contributed by atoms with van der Waals surface area (Å²) in [7, 11) is 1.56. The molecule has 1 aliphatic heterocycles. The van der Waals surface area contributed by atoms with Crippen LogP contribution in [-0.4, -0.2) is 33.8 Å². The molecule has 1 aliphatic rings. The van der Waals surface area contributed by atoms with Crippen molar-refractivity contribution >= 4 is 17.5 Å². The molecule has 0 N–H and O–H groups in total. The smallest absolute Gasteiger partial charge is 0.230 e. The lowest BCUT2D eigenvalue weighted by molar-refractivity contribution is 0.361. The Labute approximate surface area is 149 Å². The maximum absolute atomic E-state index is 6.08. The number of aromatic nitrogens is 4. The zero-order valence-corrected chi connectivity index (χ0v) is 14.3. The van der Waals surface area contributed by atoms with E-state index in [9.17, 15) is 0 Å². The topological polar surface area (TPSA) is 77.2 Å². The molecule has 0 saturated carbocycles. The zero-order valence-electron chi connectivity index (χ0n) is 13.6. The summed E-state index contributed by atoms with van der Waals surface area (Å²) in [4.78, 5) is 15.1. The van der Waals surface area contributed by atoms with Crippen LogP contribution in [-0.2, 0) is 0 Å². The average Bonchev–Trinajstić information content (AvgIpc) is 3.31. The highest BCUT2D eigenvalue weighted by atomic mass is 35.5. The van der Waals surface area contributed by atoms with Crippen molar-refractivity contribution in [2.75, 3.05) is 18.6 Å². The molecule has 0 radical (unpaired) electrons. The van der Waals surface area contributed by atoms with Gasteiger partial charge in [-0.3, -0.25) is 4.98 Å². The van der Waals surface area contributed by atoms with Gasteiger partial charge in [0.1, 0.15) is 10.8 Å². The molecule has 0 unspecified atom stereocenters. The quantitative estimate of drug-likeness (QED) is 0.661. The third-order valence-corrected chi connectivity index (χ3v) is 4.36. The Kier molecular flexibility index (Phi) is 4.23. The number of anilines is 1. The van der Waals surface area contributed by atoms with Gasteiger partial charge in [-0.15, -0.1) is 0 Å². The second-order valence-corrected chi connectivity index (χ2v) is 6.10. The number of hydrogen-bond acceptors (Lipinski definition) is 7. The standard InChI is InChI=1S/C17H16ClN5O2/c1-24-16-10-15(18)20-17(21-16)23-8-4-6-13(23)14-9-12(22-25-14)11-5-2-3-7-19-11/h2-3,5,7,9-10,13H,4,6,8H2,1H3/t13-/m0/s1. The van der Waals surface area contributed by atoms with E-state index in [0.29, 0.717) is 22.7 Å². The van der Waals surface area contributed by atoms with Crippen molar-refractivity contribution in [2.45, 2.75) is 18.9 Å². The van der Waals surface area contributed by atoms with Crippen LogP contribution in [0.3, 0.4) is 0 Å². The van der Waals surface area contributed by atoms with Gasteiger partial charge < -0.3 is 14.2 Å². The Balaban J connectivity index is 1.64. The highest BCUT2D eigenvalue weighted by Crippen LogP contribution is 2.36. The number of methoxy groups -OCH3 is 1. The molecule has 4 heterocycles. The van der Waals surface area contributed by atoms with Crippen LogP contribution in [0.4, 0.5) is 5.95 Å². The first-order valence-electron chi connectivity index (χ1n) is 7.98. The molecule has 25 heavy (non-hydrogen) atoms. The van der Waals surface area contributed by atoms with Crippen molar-refractivity contribution in [3.8, 4) is 17.3 Å². The van der Waals surface area contributed by atoms with Crippen molar-refractivity contribution in [1.29, 1.82) is 0 Å². The van der Waals surface area contributed by atoms with E-state index in [0.717, 1.165) is 30.8 Å². The minimum Gasteiger partial charge on any atom is -0.481 e. The fourth-order valence-electron chi connectivity index (χ4n) is 3.00. The van der Waals surface area contributed by atoms with Crippen LogP contribution >= 0.6 is 11.6 Å². The third-order valence-electron chi connectivity index (χ3n) is 4.16. The third kappa shape index (κ3) is 3.15. The van der Waals surface area contributed by atoms with Crippen LogP contribution < -0.4 is 9.64 Å². The van der Waals surface area contributed by atoms with Gasteiger partial charge in [-0.25, -0.2) is 4.98 Å². The molecule has 1 fully saturated rings. The average molecular weight is 358 g/mol. The van der Waals surface area contributed by atoms with E-state index in [2.05, 4.69) is 25.0 Å². The van der Waals surface area contributed by atoms with Crippen LogP contribution in [0.5, 0.6) is 5.88 Å². The van der Waals surface area contributed by atoms with Gasteiger partial charge in [0.25, 0.3) is 0 Å². The monoisotopic (exact) mass is 357 g/mol. The number of nitrogens with zero attached hydrogens (tertiary/aromatic N) is 5. The lowest BCUT2D eigenvalue weighted by Gasteiger charge is -2.22. The lowest BCUT2D eigenvalue weighted by atomic mass is 10.1. The first-order valence-corrected chi connectivity index (χ1v) is 8.35. The van der Waals surface area contributed by atoms with Gasteiger partial charge in [0.15, 0.2) is 5.76 Å². The van der Waals surface area contributed by atoms with Crippen LogP contribution in [0.25, 0.3) is 11.4 Å². The molecule has 128 valence electrons. The second kappa shape index (κ2) is 6.68. The van der Waals surface area contributed by atoms with Gasteiger partial charge in [0.2, 0.25) is 11.8 Å². The van der Waals surface area contributed by atoms with Gasteiger partial charge in [0, 0.05) is 24.9 Å². The van der Waals surface area contributed by atoms with Crippen molar-refractivity contribution in [3.05, 3.63) is 47.4 Å². The Morgan fingerprint density at radius 1 is 1.24 bits per heavy atom. The summed E-state index contributed by atoms with van der Waals surface area (Å²) in [5.41, 5.74) is 1.50. The molecule has 3 aromatic heterocycles.